The van der Waals surface area contributed by atoms with Gasteiger partial charge in [-0.1, -0.05) is 6.92 Å². The lowest BCUT2D eigenvalue weighted by Gasteiger charge is -2.27. The van der Waals surface area contributed by atoms with Crippen LogP contribution in [0.4, 0.5) is 0 Å². The van der Waals surface area contributed by atoms with Crippen LogP contribution in [-0.2, 0) is 4.74 Å². The molecule has 0 bridgehead atoms. The van der Waals surface area contributed by atoms with Gasteiger partial charge in [-0.2, -0.15) is 0 Å². The van der Waals surface area contributed by atoms with E-state index in [4.69, 9.17) is 4.74 Å². The second-order valence-corrected chi connectivity index (χ2v) is 5.75. The number of hydrogen-bond donors (Lipinski definition) is 1. The molecule has 0 spiro atoms. The average Bonchev–Trinajstić information content (AvgIpc) is 2.87. The summed E-state index contributed by atoms with van der Waals surface area (Å²) in [6.45, 7) is 12.8. The molecule has 1 atom stereocenters. The maximum Gasteiger partial charge on any atom is 0.193 e. The number of nitrogens with zero attached hydrogens (tertiary/aromatic N) is 3. The SMILES string of the molecule is CCN(CCNC(=NC)N1CCC(COC)C1)C(C)C.I. The van der Waals surface area contributed by atoms with E-state index < -0.39 is 0 Å². The van der Waals surface area contributed by atoms with Crippen LogP contribution in [0.15, 0.2) is 4.99 Å². The first kappa shape index (κ1) is 20.9. The van der Waals surface area contributed by atoms with Crippen molar-refractivity contribution in [2.45, 2.75) is 33.2 Å². The Hall–Kier alpha value is -0.0800. The van der Waals surface area contributed by atoms with Gasteiger partial charge in [0.1, 0.15) is 0 Å². The van der Waals surface area contributed by atoms with Gasteiger partial charge in [-0.25, -0.2) is 0 Å². The molecule has 21 heavy (non-hydrogen) atoms. The Bertz CT molecular complexity index is 299. The predicted octanol–water partition coefficient (Wildman–Crippen LogP) is 1.88. The molecule has 1 heterocycles. The Morgan fingerprint density at radius 1 is 1.48 bits per heavy atom. The van der Waals surface area contributed by atoms with Crippen molar-refractivity contribution in [2.75, 3.05) is 53.5 Å². The Kier molecular flexibility index (Phi) is 11.4. The van der Waals surface area contributed by atoms with E-state index in [0.717, 1.165) is 45.3 Å². The Morgan fingerprint density at radius 3 is 2.71 bits per heavy atom. The first-order valence-electron chi connectivity index (χ1n) is 7.80. The van der Waals surface area contributed by atoms with Gasteiger partial charge >= 0.3 is 0 Å². The summed E-state index contributed by atoms with van der Waals surface area (Å²) in [6, 6.07) is 0.599. The summed E-state index contributed by atoms with van der Waals surface area (Å²) in [5.41, 5.74) is 0. The van der Waals surface area contributed by atoms with Gasteiger partial charge in [0.2, 0.25) is 0 Å². The number of halogens is 1. The molecule has 1 N–H and O–H groups in total. The summed E-state index contributed by atoms with van der Waals surface area (Å²) in [6.07, 6.45) is 1.20. The van der Waals surface area contributed by atoms with Crippen LogP contribution in [0.5, 0.6) is 0 Å². The Labute approximate surface area is 147 Å². The molecule has 1 unspecified atom stereocenters. The van der Waals surface area contributed by atoms with E-state index in [1.165, 1.54) is 6.42 Å². The summed E-state index contributed by atoms with van der Waals surface area (Å²) in [5, 5.41) is 3.49. The zero-order valence-electron chi connectivity index (χ0n) is 14.3. The van der Waals surface area contributed by atoms with Gasteiger partial charge in [0.05, 0.1) is 6.61 Å². The highest BCUT2D eigenvalue weighted by atomic mass is 127. The molecule has 0 radical (unpaired) electrons. The molecule has 5 nitrogen and oxygen atoms in total. The number of hydrogen-bond acceptors (Lipinski definition) is 3. The Balaban J connectivity index is 0.00000400. The van der Waals surface area contributed by atoms with Crippen molar-refractivity contribution in [2.24, 2.45) is 10.9 Å². The number of nitrogens with one attached hydrogen (secondary N) is 1. The molecule has 1 rings (SSSR count). The fraction of sp³-hybridized carbons (Fsp3) is 0.933. The van der Waals surface area contributed by atoms with Crippen LogP contribution < -0.4 is 5.32 Å². The van der Waals surface area contributed by atoms with Crippen LogP contribution in [0.2, 0.25) is 0 Å². The second-order valence-electron chi connectivity index (χ2n) is 5.75. The summed E-state index contributed by atoms with van der Waals surface area (Å²) in [7, 11) is 3.65. The minimum Gasteiger partial charge on any atom is -0.384 e. The lowest BCUT2D eigenvalue weighted by atomic mass is 10.1. The summed E-state index contributed by atoms with van der Waals surface area (Å²) in [5.74, 6) is 1.67. The van der Waals surface area contributed by atoms with E-state index in [0.29, 0.717) is 12.0 Å². The standard InChI is InChI=1S/C15H32N4O.HI/c1-6-18(13(2)3)10-8-17-15(16-4)19-9-7-14(11-19)12-20-5;/h13-14H,6-12H2,1-5H3,(H,16,17);1H. The molecule has 1 aliphatic rings. The molecular weight excluding hydrogens is 379 g/mol. The molecule has 0 amide bonds. The largest absolute Gasteiger partial charge is 0.384 e. The van der Waals surface area contributed by atoms with Crippen LogP contribution in [-0.4, -0.2) is 75.3 Å². The molecule has 0 saturated carbocycles. The normalized spacial score (nSPS) is 19.3. The predicted molar refractivity (Wildman–Crippen MR) is 101 cm³/mol. The van der Waals surface area contributed by atoms with Crippen LogP contribution in [0.25, 0.3) is 0 Å². The summed E-state index contributed by atoms with van der Waals surface area (Å²) >= 11 is 0. The monoisotopic (exact) mass is 412 g/mol. The molecule has 6 heteroatoms. The quantitative estimate of drug-likeness (QED) is 0.394. The van der Waals surface area contributed by atoms with Crippen molar-refractivity contribution in [3.63, 3.8) is 0 Å². The van der Waals surface area contributed by atoms with Gasteiger partial charge in [-0.3, -0.25) is 9.89 Å². The van der Waals surface area contributed by atoms with Gasteiger partial charge < -0.3 is 15.0 Å². The van der Waals surface area contributed by atoms with E-state index in [1.54, 1.807) is 7.11 Å². The highest BCUT2D eigenvalue weighted by Crippen LogP contribution is 2.16. The van der Waals surface area contributed by atoms with E-state index >= 15 is 0 Å². The highest BCUT2D eigenvalue weighted by Gasteiger charge is 2.24. The van der Waals surface area contributed by atoms with Gasteiger partial charge in [0.25, 0.3) is 0 Å². The third-order valence-corrected chi connectivity index (χ3v) is 4.02. The van der Waals surface area contributed by atoms with Gasteiger partial charge in [0.15, 0.2) is 5.96 Å². The van der Waals surface area contributed by atoms with Crippen molar-refractivity contribution in [1.82, 2.24) is 15.1 Å². The number of ether oxygens (including phenoxy) is 1. The van der Waals surface area contributed by atoms with Crippen molar-refractivity contribution >= 4 is 29.9 Å². The number of rotatable bonds is 7. The molecule has 0 aromatic heterocycles. The van der Waals surface area contributed by atoms with Crippen LogP contribution in [0.3, 0.4) is 0 Å². The maximum atomic E-state index is 5.25. The third-order valence-electron chi connectivity index (χ3n) is 4.02. The zero-order valence-corrected chi connectivity index (χ0v) is 16.6. The third kappa shape index (κ3) is 7.15. The van der Waals surface area contributed by atoms with E-state index in [1.807, 2.05) is 7.05 Å². The van der Waals surface area contributed by atoms with Gasteiger partial charge in [-0.15, -0.1) is 24.0 Å². The lowest BCUT2D eigenvalue weighted by molar-refractivity contribution is 0.157. The second kappa shape index (κ2) is 11.5. The van der Waals surface area contributed by atoms with Crippen molar-refractivity contribution in [3.05, 3.63) is 0 Å². The Morgan fingerprint density at radius 2 is 2.19 bits per heavy atom. The van der Waals surface area contributed by atoms with Crippen molar-refractivity contribution in [1.29, 1.82) is 0 Å². The number of likely N-dealkylation sites (tertiary alicyclic amines) is 1. The minimum atomic E-state index is 0. The van der Waals surface area contributed by atoms with Gasteiger partial charge in [0, 0.05) is 52.3 Å². The van der Waals surface area contributed by atoms with Crippen LogP contribution in [0.1, 0.15) is 27.2 Å². The van der Waals surface area contributed by atoms with E-state index in [2.05, 4.69) is 40.9 Å². The first-order chi connectivity index (χ1) is 9.62. The molecule has 126 valence electrons. The minimum absolute atomic E-state index is 0. The molecule has 0 aromatic rings. The number of methoxy groups -OCH3 is 1. The number of likely N-dealkylation sites (N-methyl/N-ethyl adjacent to an activating group) is 1. The maximum absolute atomic E-state index is 5.25. The van der Waals surface area contributed by atoms with Gasteiger partial charge in [-0.05, 0) is 26.8 Å². The molecule has 0 aliphatic carbocycles. The molecule has 1 saturated heterocycles. The average molecular weight is 412 g/mol. The van der Waals surface area contributed by atoms with E-state index in [-0.39, 0.29) is 24.0 Å². The first-order valence-corrected chi connectivity index (χ1v) is 7.80. The molecule has 1 fully saturated rings. The topological polar surface area (TPSA) is 40.1 Å². The lowest BCUT2D eigenvalue weighted by Crippen LogP contribution is -2.44. The summed E-state index contributed by atoms with van der Waals surface area (Å²) < 4.78 is 5.25. The molecule has 1 aliphatic heterocycles. The van der Waals surface area contributed by atoms with Crippen LogP contribution >= 0.6 is 24.0 Å². The fourth-order valence-electron chi connectivity index (χ4n) is 2.82. The van der Waals surface area contributed by atoms with E-state index in [9.17, 15) is 0 Å². The zero-order chi connectivity index (χ0) is 15.0. The number of aliphatic imine (C=N–C) groups is 1. The fourth-order valence-corrected chi connectivity index (χ4v) is 2.82. The van der Waals surface area contributed by atoms with Crippen molar-refractivity contribution < 1.29 is 4.74 Å². The van der Waals surface area contributed by atoms with Crippen molar-refractivity contribution in [3.8, 4) is 0 Å². The molecular formula is C15H33IN4O. The summed E-state index contributed by atoms with van der Waals surface area (Å²) in [4.78, 5) is 9.20. The van der Waals surface area contributed by atoms with Crippen LogP contribution in [0, 0.1) is 5.92 Å². The number of guanidine groups is 1. The smallest absolute Gasteiger partial charge is 0.193 e. The molecule has 0 aromatic carbocycles. The highest BCUT2D eigenvalue weighted by molar-refractivity contribution is 14.0.